The Bertz CT molecular complexity index is 823. The van der Waals surface area contributed by atoms with Crippen molar-refractivity contribution in [2.24, 2.45) is 0 Å². The number of carbonyl (C=O) groups is 1. The summed E-state index contributed by atoms with van der Waals surface area (Å²) in [7, 11) is 0. The maximum Gasteiger partial charge on any atom is 0.254 e. The van der Waals surface area contributed by atoms with E-state index in [-0.39, 0.29) is 12.5 Å². The second kappa shape index (κ2) is 6.59. The van der Waals surface area contributed by atoms with Gasteiger partial charge in [0.15, 0.2) is 0 Å². The molecule has 3 rings (SSSR count). The lowest BCUT2D eigenvalue weighted by Gasteiger charge is -2.22. The average Bonchev–Trinajstić information content (AvgIpc) is 3.24. The Morgan fingerprint density at radius 3 is 2.71 bits per heavy atom. The molecule has 0 saturated carbocycles. The van der Waals surface area contributed by atoms with E-state index in [2.05, 4.69) is 10.4 Å². The number of benzene rings is 1. The summed E-state index contributed by atoms with van der Waals surface area (Å²) in [6, 6.07) is 13.4. The molecule has 1 atom stereocenters. The van der Waals surface area contributed by atoms with Gasteiger partial charge in [0.05, 0.1) is 29.7 Å². The minimum Gasteiger partial charge on any atom is -0.383 e. The fourth-order valence-electron chi connectivity index (χ4n) is 2.48. The molecule has 1 unspecified atom stereocenters. The van der Waals surface area contributed by atoms with Crippen molar-refractivity contribution in [3.8, 4) is 5.69 Å². The second-order valence-corrected chi connectivity index (χ2v) is 6.77. The van der Waals surface area contributed by atoms with Gasteiger partial charge in [-0.15, -0.1) is 11.3 Å². The molecule has 0 aliphatic heterocycles. The maximum absolute atomic E-state index is 12.5. The molecule has 0 spiro atoms. The summed E-state index contributed by atoms with van der Waals surface area (Å²) in [5, 5.41) is 19.5. The number of thiophene rings is 1. The van der Waals surface area contributed by atoms with Crippen LogP contribution in [0.25, 0.3) is 5.69 Å². The van der Waals surface area contributed by atoms with E-state index in [9.17, 15) is 9.90 Å². The third-order valence-corrected chi connectivity index (χ3v) is 5.02. The van der Waals surface area contributed by atoms with Gasteiger partial charge in [-0.2, -0.15) is 5.10 Å². The number of para-hydroxylation sites is 1. The fraction of sp³-hybridized carbons (Fsp3) is 0.222. The molecule has 2 heterocycles. The van der Waals surface area contributed by atoms with E-state index < -0.39 is 5.60 Å². The molecule has 3 aromatic rings. The molecule has 1 amide bonds. The third-order valence-electron chi connectivity index (χ3n) is 3.90. The van der Waals surface area contributed by atoms with Gasteiger partial charge in [-0.1, -0.05) is 24.3 Å². The van der Waals surface area contributed by atoms with Gasteiger partial charge in [0.2, 0.25) is 0 Å². The van der Waals surface area contributed by atoms with Crippen LogP contribution < -0.4 is 5.32 Å². The standard InChI is InChI=1S/C18H19N3O2S/c1-13-15(11-20-21(13)14-7-4-3-5-8-14)17(22)19-12-18(2,23)16-9-6-10-24-16/h3-11,23H,12H2,1-2H3,(H,19,22). The first-order valence-corrected chi connectivity index (χ1v) is 8.51. The Hall–Kier alpha value is -2.44. The van der Waals surface area contributed by atoms with Crippen LogP contribution in [0.2, 0.25) is 0 Å². The van der Waals surface area contributed by atoms with E-state index in [4.69, 9.17) is 0 Å². The summed E-state index contributed by atoms with van der Waals surface area (Å²) in [6.45, 7) is 3.69. The summed E-state index contributed by atoms with van der Waals surface area (Å²) in [4.78, 5) is 13.3. The van der Waals surface area contributed by atoms with Crippen molar-refractivity contribution in [3.63, 3.8) is 0 Å². The minimum absolute atomic E-state index is 0.141. The maximum atomic E-state index is 12.5. The first-order valence-electron chi connectivity index (χ1n) is 7.63. The van der Waals surface area contributed by atoms with Crippen molar-refractivity contribution in [1.29, 1.82) is 0 Å². The van der Waals surface area contributed by atoms with Gasteiger partial charge in [0.1, 0.15) is 5.60 Å². The number of hydrogen-bond acceptors (Lipinski definition) is 4. The number of nitrogens with one attached hydrogen (secondary N) is 1. The van der Waals surface area contributed by atoms with E-state index in [1.54, 1.807) is 17.8 Å². The molecule has 0 fully saturated rings. The predicted octanol–water partition coefficient (Wildman–Crippen LogP) is 2.88. The zero-order valence-electron chi connectivity index (χ0n) is 13.6. The molecule has 0 saturated heterocycles. The van der Waals surface area contributed by atoms with Crippen LogP contribution >= 0.6 is 11.3 Å². The quantitative estimate of drug-likeness (QED) is 0.750. The summed E-state index contributed by atoms with van der Waals surface area (Å²) >= 11 is 1.46. The van der Waals surface area contributed by atoms with Crippen molar-refractivity contribution in [2.45, 2.75) is 19.4 Å². The van der Waals surface area contributed by atoms with Crippen molar-refractivity contribution < 1.29 is 9.90 Å². The monoisotopic (exact) mass is 341 g/mol. The molecular formula is C18H19N3O2S. The highest BCUT2D eigenvalue weighted by Gasteiger charge is 2.26. The topological polar surface area (TPSA) is 67.2 Å². The van der Waals surface area contributed by atoms with Crippen LogP contribution in [-0.4, -0.2) is 27.3 Å². The highest BCUT2D eigenvalue weighted by atomic mass is 32.1. The van der Waals surface area contributed by atoms with Gasteiger partial charge in [0, 0.05) is 4.88 Å². The van der Waals surface area contributed by atoms with Gasteiger partial charge in [-0.3, -0.25) is 4.79 Å². The van der Waals surface area contributed by atoms with Crippen LogP contribution in [0, 0.1) is 6.92 Å². The van der Waals surface area contributed by atoms with Crippen LogP contribution in [0.5, 0.6) is 0 Å². The highest BCUT2D eigenvalue weighted by Crippen LogP contribution is 2.24. The Morgan fingerprint density at radius 1 is 1.29 bits per heavy atom. The van der Waals surface area contributed by atoms with E-state index in [0.29, 0.717) is 5.56 Å². The molecule has 124 valence electrons. The van der Waals surface area contributed by atoms with E-state index in [1.807, 2.05) is 54.8 Å². The van der Waals surface area contributed by atoms with E-state index >= 15 is 0 Å². The third kappa shape index (κ3) is 3.25. The molecule has 2 aromatic heterocycles. The zero-order chi connectivity index (χ0) is 17.2. The Labute approximate surface area is 144 Å². The van der Waals surface area contributed by atoms with Gasteiger partial charge >= 0.3 is 0 Å². The number of aromatic nitrogens is 2. The van der Waals surface area contributed by atoms with Crippen LogP contribution in [-0.2, 0) is 5.60 Å². The van der Waals surface area contributed by atoms with Crippen LogP contribution in [0.1, 0.15) is 27.9 Å². The van der Waals surface area contributed by atoms with Gasteiger partial charge in [-0.05, 0) is 37.4 Å². The van der Waals surface area contributed by atoms with Gasteiger partial charge in [-0.25, -0.2) is 4.68 Å². The smallest absolute Gasteiger partial charge is 0.254 e. The van der Waals surface area contributed by atoms with Crippen LogP contribution in [0.3, 0.4) is 0 Å². The fourth-order valence-corrected chi connectivity index (χ4v) is 3.27. The molecule has 0 aliphatic carbocycles. The summed E-state index contributed by atoms with van der Waals surface area (Å²) in [5.74, 6) is -0.244. The lowest BCUT2D eigenvalue weighted by atomic mass is 10.1. The van der Waals surface area contributed by atoms with E-state index in [1.165, 1.54) is 11.3 Å². The molecule has 0 bridgehead atoms. The Balaban J connectivity index is 1.74. The normalized spacial score (nSPS) is 13.5. The number of hydrogen-bond donors (Lipinski definition) is 2. The molecule has 1 aromatic carbocycles. The molecule has 0 radical (unpaired) electrons. The minimum atomic E-state index is -1.09. The van der Waals surface area contributed by atoms with Crippen LogP contribution in [0.4, 0.5) is 0 Å². The van der Waals surface area contributed by atoms with Crippen LogP contribution in [0.15, 0.2) is 54.0 Å². The summed E-state index contributed by atoms with van der Waals surface area (Å²) < 4.78 is 1.73. The first-order chi connectivity index (χ1) is 11.5. The second-order valence-electron chi connectivity index (χ2n) is 5.82. The Morgan fingerprint density at radius 2 is 2.04 bits per heavy atom. The van der Waals surface area contributed by atoms with Crippen molar-refractivity contribution in [1.82, 2.24) is 15.1 Å². The largest absolute Gasteiger partial charge is 0.383 e. The van der Waals surface area contributed by atoms with Gasteiger partial charge < -0.3 is 10.4 Å². The lowest BCUT2D eigenvalue weighted by molar-refractivity contribution is 0.0556. The number of amides is 1. The molecule has 2 N–H and O–H groups in total. The highest BCUT2D eigenvalue weighted by molar-refractivity contribution is 7.10. The summed E-state index contributed by atoms with van der Waals surface area (Å²) in [5.41, 5.74) is 1.07. The number of aliphatic hydroxyl groups is 1. The number of nitrogens with zero attached hydrogens (tertiary/aromatic N) is 2. The lowest BCUT2D eigenvalue weighted by Crippen LogP contribution is -2.38. The molecular weight excluding hydrogens is 322 g/mol. The summed E-state index contributed by atoms with van der Waals surface area (Å²) in [6.07, 6.45) is 1.55. The molecule has 24 heavy (non-hydrogen) atoms. The predicted molar refractivity (Wildman–Crippen MR) is 94.5 cm³/mol. The number of rotatable bonds is 5. The van der Waals surface area contributed by atoms with Crippen molar-refractivity contribution >= 4 is 17.2 Å². The van der Waals surface area contributed by atoms with E-state index in [0.717, 1.165) is 16.3 Å². The first kappa shape index (κ1) is 16.4. The van der Waals surface area contributed by atoms with Gasteiger partial charge in [0.25, 0.3) is 5.91 Å². The Kier molecular flexibility index (Phi) is 4.51. The zero-order valence-corrected chi connectivity index (χ0v) is 14.4. The molecule has 6 heteroatoms. The molecule has 5 nitrogen and oxygen atoms in total. The molecule has 0 aliphatic rings. The van der Waals surface area contributed by atoms with Crippen molar-refractivity contribution in [2.75, 3.05) is 6.54 Å². The van der Waals surface area contributed by atoms with Crippen molar-refractivity contribution in [3.05, 3.63) is 70.2 Å². The SMILES string of the molecule is Cc1c(C(=O)NCC(C)(O)c2cccs2)cnn1-c1ccccc1. The average molecular weight is 341 g/mol. The number of carbonyl (C=O) groups excluding carboxylic acids is 1.